The van der Waals surface area contributed by atoms with Crippen molar-refractivity contribution in [3.63, 3.8) is 0 Å². The number of pyridine rings is 1. The molecule has 1 N–H and O–H groups in total. The summed E-state index contributed by atoms with van der Waals surface area (Å²) in [6, 6.07) is 3.42. The Balaban J connectivity index is 1.95. The van der Waals surface area contributed by atoms with Crippen molar-refractivity contribution >= 4 is 0 Å². The molecule has 1 saturated heterocycles. The minimum Gasteiger partial charge on any atom is -0.311 e. The number of rotatable bonds is 5. The first-order valence-corrected chi connectivity index (χ1v) is 7.29. The van der Waals surface area contributed by atoms with Gasteiger partial charge in [0, 0.05) is 32.7 Å². The lowest BCUT2D eigenvalue weighted by atomic mass is 9.97. The van der Waals surface area contributed by atoms with Gasteiger partial charge in [0.25, 0.3) is 0 Å². The van der Waals surface area contributed by atoms with Gasteiger partial charge in [0.15, 0.2) is 0 Å². The molecule has 2 heterocycles. The van der Waals surface area contributed by atoms with Crippen molar-refractivity contribution in [1.82, 2.24) is 20.1 Å². The number of nitrogens with one attached hydrogen (secondary N) is 1. The maximum atomic E-state index is 13.0. The van der Waals surface area contributed by atoms with Gasteiger partial charge >= 0.3 is 0 Å². The van der Waals surface area contributed by atoms with Gasteiger partial charge in [0.05, 0.1) is 17.9 Å². The lowest BCUT2D eigenvalue weighted by molar-refractivity contribution is 0.130. The zero-order valence-corrected chi connectivity index (χ0v) is 12.6. The van der Waals surface area contributed by atoms with E-state index >= 15 is 0 Å². The van der Waals surface area contributed by atoms with E-state index < -0.39 is 0 Å². The average Bonchev–Trinajstić information content (AvgIpc) is 2.44. The van der Waals surface area contributed by atoms with Gasteiger partial charge in [-0.25, -0.2) is 4.39 Å². The van der Waals surface area contributed by atoms with Gasteiger partial charge in [-0.05, 0) is 32.1 Å². The Morgan fingerprint density at radius 1 is 1.30 bits per heavy atom. The summed E-state index contributed by atoms with van der Waals surface area (Å²) in [5, 5.41) is 3.31. The summed E-state index contributed by atoms with van der Waals surface area (Å²) in [4.78, 5) is 9.07. The second-order valence-electron chi connectivity index (χ2n) is 5.75. The van der Waals surface area contributed by atoms with E-state index in [4.69, 9.17) is 0 Å². The van der Waals surface area contributed by atoms with E-state index in [0.717, 1.165) is 38.4 Å². The maximum Gasteiger partial charge on any atom is 0.141 e. The van der Waals surface area contributed by atoms with Crippen LogP contribution in [0.3, 0.4) is 0 Å². The SMILES string of the molecule is CNC(c1ccc(F)cn1)C(C)CN1CCN(C)CC1. The van der Waals surface area contributed by atoms with E-state index in [1.807, 2.05) is 7.05 Å². The molecule has 2 atom stereocenters. The largest absolute Gasteiger partial charge is 0.311 e. The fraction of sp³-hybridized carbons (Fsp3) is 0.667. The molecule has 2 rings (SSSR count). The molecule has 0 bridgehead atoms. The van der Waals surface area contributed by atoms with Crippen molar-refractivity contribution in [3.05, 3.63) is 29.8 Å². The third kappa shape index (κ3) is 3.98. The van der Waals surface area contributed by atoms with Crippen LogP contribution in [0.1, 0.15) is 18.7 Å². The first kappa shape index (κ1) is 15.4. The van der Waals surface area contributed by atoms with Gasteiger partial charge in [0.2, 0.25) is 0 Å². The van der Waals surface area contributed by atoms with Crippen LogP contribution in [0.15, 0.2) is 18.3 Å². The predicted octanol–water partition coefficient (Wildman–Crippen LogP) is 1.36. The maximum absolute atomic E-state index is 13.0. The first-order valence-electron chi connectivity index (χ1n) is 7.29. The van der Waals surface area contributed by atoms with Crippen molar-refractivity contribution in [2.24, 2.45) is 5.92 Å². The van der Waals surface area contributed by atoms with E-state index in [2.05, 4.69) is 34.1 Å². The van der Waals surface area contributed by atoms with Crippen LogP contribution in [0.2, 0.25) is 0 Å². The van der Waals surface area contributed by atoms with Crippen LogP contribution in [0.5, 0.6) is 0 Å². The van der Waals surface area contributed by atoms with Gasteiger partial charge in [-0.15, -0.1) is 0 Å². The monoisotopic (exact) mass is 280 g/mol. The molecule has 0 spiro atoms. The van der Waals surface area contributed by atoms with Crippen LogP contribution in [-0.4, -0.2) is 61.6 Å². The van der Waals surface area contributed by atoms with Crippen molar-refractivity contribution < 1.29 is 4.39 Å². The van der Waals surface area contributed by atoms with Gasteiger partial charge in [-0.1, -0.05) is 6.92 Å². The Kier molecular flexibility index (Phi) is 5.46. The fourth-order valence-electron chi connectivity index (χ4n) is 2.84. The third-order valence-corrected chi connectivity index (χ3v) is 4.09. The number of hydrogen-bond donors (Lipinski definition) is 1. The molecule has 0 saturated carbocycles. The molecule has 0 radical (unpaired) electrons. The number of aromatic nitrogens is 1. The standard InChI is InChI=1S/C15H25FN4/c1-12(11-20-8-6-19(3)7-9-20)15(17-2)14-5-4-13(16)10-18-14/h4-5,10,12,15,17H,6-9,11H2,1-3H3. The van der Waals surface area contributed by atoms with Gasteiger partial charge < -0.3 is 15.1 Å². The van der Waals surface area contributed by atoms with Crippen LogP contribution in [-0.2, 0) is 0 Å². The minimum atomic E-state index is -0.282. The smallest absolute Gasteiger partial charge is 0.141 e. The zero-order valence-electron chi connectivity index (χ0n) is 12.6. The lowest BCUT2D eigenvalue weighted by Gasteiger charge is -2.35. The number of hydrogen-bond acceptors (Lipinski definition) is 4. The van der Waals surface area contributed by atoms with Gasteiger partial charge in [-0.3, -0.25) is 4.98 Å². The molecule has 112 valence electrons. The van der Waals surface area contributed by atoms with Crippen LogP contribution in [0.25, 0.3) is 0 Å². The van der Waals surface area contributed by atoms with Crippen LogP contribution < -0.4 is 5.32 Å². The van der Waals surface area contributed by atoms with E-state index in [9.17, 15) is 4.39 Å². The molecule has 0 aliphatic carbocycles. The molecule has 2 unspecified atom stereocenters. The Hall–Kier alpha value is -1.04. The van der Waals surface area contributed by atoms with E-state index in [1.54, 1.807) is 6.07 Å². The highest BCUT2D eigenvalue weighted by Gasteiger charge is 2.23. The van der Waals surface area contributed by atoms with Crippen LogP contribution >= 0.6 is 0 Å². The molecule has 1 aromatic heterocycles. The summed E-state index contributed by atoms with van der Waals surface area (Å²) in [5.41, 5.74) is 0.913. The van der Waals surface area contributed by atoms with Gasteiger partial charge in [-0.2, -0.15) is 0 Å². The highest BCUT2D eigenvalue weighted by Crippen LogP contribution is 2.21. The Bertz CT molecular complexity index is 401. The Labute approximate surface area is 121 Å². The Morgan fingerprint density at radius 3 is 2.55 bits per heavy atom. The summed E-state index contributed by atoms with van der Waals surface area (Å²) in [7, 11) is 4.11. The molecule has 20 heavy (non-hydrogen) atoms. The second kappa shape index (κ2) is 7.11. The van der Waals surface area contributed by atoms with Crippen LogP contribution in [0.4, 0.5) is 4.39 Å². The Morgan fingerprint density at radius 2 is 2.00 bits per heavy atom. The molecule has 1 aliphatic heterocycles. The molecule has 5 heteroatoms. The minimum absolute atomic E-state index is 0.162. The van der Waals surface area contributed by atoms with E-state index in [1.165, 1.54) is 12.3 Å². The van der Waals surface area contributed by atoms with E-state index in [0.29, 0.717) is 5.92 Å². The zero-order chi connectivity index (χ0) is 14.5. The number of piperazine rings is 1. The second-order valence-corrected chi connectivity index (χ2v) is 5.75. The van der Waals surface area contributed by atoms with Crippen LogP contribution in [0, 0.1) is 11.7 Å². The number of halogens is 1. The quantitative estimate of drug-likeness (QED) is 0.882. The molecule has 1 fully saturated rings. The fourth-order valence-corrected chi connectivity index (χ4v) is 2.84. The molecular weight excluding hydrogens is 255 g/mol. The average molecular weight is 280 g/mol. The van der Waals surface area contributed by atoms with Gasteiger partial charge in [0.1, 0.15) is 5.82 Å². The highest BCUT2D eigenvalue weighted by atomic mass is 19.1. The van der Waals surface area contributed by atoms with Crippen molar-refractivity contribution in [2.45, 2.75) is 13.0 Å². The number of nitrogens with zero attached hydrogens (tertiary/aromatic N) is 3. The summed E-state index contributed by atoms with van der Waals surface area (Å²) in [6.07, 6.45) is 1.29. The predicted molar refractivity (Wildman–Crippen MR) is 79.1 cm³/mol. The summed E-state index contributed by atoms with van der Waals surface area (Å²) >= 11 is 0. The normalized spacial score (nSPS) is 20.8. The van der Waals surface area contributed by atoms with Crippen molar-refractivity contribution in [3.8, 4) is 0 Å². The lowest BCUT2D eigenvalue weighted by Crippen LogP contribution is -2.47. The molecule has 1 aliphatic rings. The topological polar surface area (TPSA) is 31.4 Å². The summed E-state index contributed by atoms with van der Waals surface area (Å²) < 4.78 is 13.0. The van der Waals surface area contributed by atoms with Crippen molar-refractivity contribution in [1.29, 1.82) is 0 Å². The summed E-state index contributed by atoms with van der Waals surface area (Å²) in [6.45, 7) is 7.77. The highest BCUT2D eigenvalue weighted by molar-refractivity contribution is 5.11. The van der Waals surface area contributed by atoms with E-state index in [-0.39, 0.29) is 11.9 Å². The molecule has 4 nitrogen and oxygen atoms in total. The first-order chi connectivity index (χ1) is 9.60. The molecular formula is C15H25FN4. The molecule has 0 aromatic carbocycles. The molecule has 1 aromatic rings. The number of likely N-dealkylation sites (N-methyl/N-ethyl adjacent to an activating group) is 1. The van der Waals surface area contributed by atoms with Crippen molar-refractivity contribution in [2.75, 3.05) is 46.8 Å². The third-order valence-electron chi connectivity index (χ3n) is 4.09. The summed E-state index contributed by atoms with van der Waals surface area (Å²) in [5.74, 6) is 0.150. The molecule has 0 amide bonds.